The number of nitriles is 1. The molecule has 80 valence electrons. The molecule has 1 rings (SSSR count). The molecule has 3 nitrogen and oxygen atoms in total. The van der Waals surface area contributed by atoms with Gasteiger partial charge in [0.2, 0.25) is 0 Å². The molecule has 1 saturated carbocycles. The number of aliphatic hydroxyl groups is 1. The van der Waals surface area contributed by atoms with Gasteiger partial charge in [-0.15, -0.1) is 0 Å². The van der Waals surface area contributed by atoms with Crippen LogP contribution in [0.2, 0.25) is 0 Å². The first-order valence-electron chi connectivity index (χ1n) is 5.49. The Kier molecular flexibility index (Phi) is 4.92. The van der Waals surface area contributed by atoms with Gasteiger partial charge in [-0.25, -0.2) is 0 Å². The van der Waals surface area contributed by atoms with Crippen LogP contribution in [0.1, 0.15) is 26.2 Å². The van der Waals surface area contributed by atoms with Gasteiger partial charge in [0.15, 0.2) is 0 Å². The lowest BCUT2D eigenvalue weighted by Gasteiger charge is -2.18. The molecular weight excluding hydrogens is 176 g/mol. The molecule has 0 radical (unpaired) electrons. The summed E-state index contributed by atoms with van der Waals surface area (Å²) in [5, 5.41) is 21.0. The molecule has 0 aromatic carbocycles. The van der Waals surface area contributed by atoms with Gasteiger partial charge in [0.1, 0.15) is 0 Å². The van der Waals surface area contributed by atoms with Crippen molar-refractivity contribution in [1.82, 2.24) is 5.32 Å². The molecule has 1 fully saturated rings. The second kappa shape index (κ2) is 6.00. The minimum atomic E-state index is 0.0870. The van der Waals surface area contributed by atoms with Crippen molar-refractivity contribution >= 4 is 0 Å². The highest BCUT2D eigenvalue weighted by atomic mass is 16.3. The summed E-state index contributed by atoms with van der Waals surface area (Å²) in [5.41, 5.74) is 0. The summed E-state index contributed by atoms with van der Waals surface area (Å²) in [6.45, 7) is 3.97. The van der Waals surface area contributed by atoms with Crippen molar-refractivity contribution in [3.8, 4) is 6.07 Å². The second-order valence-electron chi connectivity index (χ2n) is 4.32. The highest BCUT2D eigenvalue weighted by molar-refractivity contribution is 4.82. The van der Waals surface area contributed by atoms with E-state index in [1.807, 2.05) is 6.92 Å². The molecule has 14 heavy (non-hydrogen) atoms. The van der Waals surface area contributed by atoms with E-state index in [1.165, 1.54) is 12.8 Å². The third-order valence-electron chi connectivity index (χ3n) is 3.13. The molecule has 2 N–H and O–H groups in total. The Morgan fingerprint density at radius 3 is 2.86 bits per heavy atom. The van der Waals surface area contributed by atoms with Gasteiger partial charge in [-0.1, -0.05) is 6.42 Å². The Morgan fingerprint density at radius 2 is 2.21 bits per heavy atom. The van der Waals surface area contributed by atoms with Crippen LogP contribution >= 0.6 is 0 Å². The summed E-state index contributed by atoms with van der Waals surface area (Å²) >= 11 is 0. The van der Waals surface area contributed by atoms with Crippen molar-refractivity contribution in [3.63, 3.8) is 0 Å². The molecular formula is C11H20N2O. The zero-order valence-corrected chi connectivity index (χ0v) is 8.87. The Hall–Kier alpha value is -0.590. The fraction of sp³-hybridized carbons (Fsp3) is 0.909. The summed E-state index contributed by atoms with van der Waals surface area (Å²) in [6.07, 6.45) is 3.63. The van der Waals surface area contributed by atoms with Crippen LogP contribution in [-0.2, 0) is 0 Å². The number of rotatable bonds is 5. The van der Waals surface area contributed by atoms with Crippen LogP contribution in [0, 0.1) is 29.1 Å². The fourth-order valence-electron chi connectivity index (χ4n) is 2.15. The number of hydrogen-bond acceptors (Lipinski definition) is 3. The third kappa shape index (κ3) is 3.28. The Bertz CT molecular complexity index is 200. The SMILES string of the molecule is CC(C#N)CNCC1CCCC1CO. The van der Waals surface area contributed by atoms with Crippen LogP contribution in [0.25, 0.3) is 0 Å². The lowest BCUT2D eigenvalue weighted by Crippen LogP contribution is -2.29. The van der Waals surface area contributed by atoms with E-state index in [1.54, 1.807) is 0 Å². The van der Waals surface area contributed by atoms with E-state index in [-0.39, 0.29) is 5.92 Å². The maximum atomic E-state index is 9.11. The van der Waals surface area contributed by atoms with Crippen LogP contribution in [0.3, 0.4) is 0 Å². The molecule has 0 amide bonds. The van der Waals surface area contributed by atoms with Crippen LogP contribution < -0.4 is 5.32 Å². The molecule has 0 saturated heterocycles. The van der Waals surface area contributed by atoms with E-state index in [0.29, 0.717) is 18.4 Å². The summed E-state index contributed by atoms with van der Waals surface area (Å²) in [4.78, 5) is 0. The Balaban J connectivity index is 2.15. The number of nitrogens with one attached hydrogen (secondary N) is 1. The van der Waals surface area contributed by atoms with Gasteiger partial charge < -0.3 is 10.4 Å². The van der Waals surface area contributed by atoms with Gasteiger partial charge in [-0.05, 0) is 38.1 Å². The van der Waals surface area contributed by atoms with Gasteiger partial charge in [-0.2, -0.15) is 5.26 Å². The highest BCUT2D eigenvalue weighted by Crippen LogP contribution is 2.30. The smallest absolute Gasteiger partial charge is 0.0666 e. The van der Waals surface area contributed by atoms with Crippen molar-refractivity contribution < 1.29 is 5.11 Å². The maximum Gasteiger partial charge on any atom is 0.0666 e. The molecule has 1 aliphatic carbocycles. The number of hydrogen-bond donors (Lipinski definition) is 2. The minimum absolute atomic E-state index is 0.0870. The highest BCUT2D eigenvalue weighted by Gasteiger charge is 2.25. The monoisotopic (exact) mass is 196 g/mol. The topological polar surface area (TPSA) is 56.0 Å². The van der Waals surface area contributed by atoms with E-state index in [0.717, 1.165) is 19.5 Å². The van der Waals surface area contributed by atoms with Crippen molar-refractivity contribution in [2.24, 2.45) is 17.8 Å². The van der Waals surface area contributed by atoms with E-state index in [9.17, 15) is 0 Å². The standard InChI is InChI=1S/C11H20N2O/c1-9(5-12)6-13-7-10-3-2-4-11(10)8-14/h9-11,13-14H,2-4,6-8H2,1H3. The van der Waals surface area contributed by atoms with Gasteiger partial charge in [-0.3, -0.25) is 0 Å². The van der Waals surface area contributed by atoms with E-state index >= 15 is 0 Å². The molecule has 3 unspecified atom stereocenters. The number of aliphatic hydroxyl groups excluding tert-OH is 1. The van der Waals surface area contributed by atoms with Crippen molar-refractivity contribution in [3.05, 3.63) is 0 Å². The van der Waals surface area contributed by atoms with Crippen molar-refractivity contribution in [1.29, 1.82) is 5.26 Å². The van der Waals surface area contributed by atoms with Gasteiger partial charge >= 0.3 is 0 Å². The first-order valence-corrected chi connectivity index (χ1v) is 5.49. The predicted octanol–water partition coefficient (Wildman–Crippen LogP) is 1.14. The average Bonchev–Trinajstić information content (AvgIpc) is 2.65. The second-order valence-corrected chi connectivity index (χ2v) is 4.32. The molecule has 3 atom stereocenters. The zero-order chi connectivity index (χ0) is 10.4. The average molecular weight is 196 g/mol. The van der Waals surface area contributed by atoms with Crippen molar-refractivity contribution in [2.75, 3.05) is 19.7 Å². The number of nitrogens with zero attached hydrogens (tertiary/aromatic N) is 1. The molecule has 3 heteroatoms. The first kappa shape index (κ1) is 11.5. The van der Waals surface area contributed by atoms with Gasteiger partial charge in [0, 0.05) is 13.2 Å². The van der Waals surface area contributed by atoms with Crippen LogP contribution in [-0.4, -0.2) is 24.8 Å². The lowest BCUT2D eigenvalue weighted by molar-refractivity contribution is 0.192. The normalized spacial score (nSPS) is 28.6. The van der Waals surface area contributed by atoms with Gasteiger partial charge in [0.05, 0.1) is 12.0 Å². The summed E-state index contributed by atoms with van der Waals surface area (Å²) in [5.74, 6) is 1.19. The van der Waals surface area contributed by atoms with E-state index in [2.05, 4.69) is 11.4 Å². The summed E-state index contributed by atoms with van der Waals surface area (Å²) in [7, 11) is 0. The Morgan fingerprint density at radius 1 is 1.50 bits per heavy atom. The quantitative estimate of drug-likeness (QED) is 0.693. The largest absolute Gasteiger partial charge is 0.396 e. The predicted molar refractivity (Wildman–Crippen MR) is 55.6 cm³/mol. The fourth-order valence-corrected chi connectivity index (χ4v) is 2.15. The molecule has 0 aromatic rings. The van der Waals surface area contributed by atoms with Crippen LogP contribution in [0.4, 0.5) is 0 Å². The lowest BCUT2D eigenvalue weighted by atomic mass is 9.97. The third-order valence-corrected chi connectivity index (χ3v) is 3.13. The summed E-state index contributed by atoms with van der Waals surface area (Å²) < 4.78 is 0. The van der Waals surface area contributed by atoms with E-state index < -0.39 is 0 Å². The molecule has 0 aliphatic heterocycles. The zero-order valence-electron chi connectivity index (χ0n) is 8.87. The molecule has 0 bridgehead atoms. The van der Waals surface area contributed by atoms with Crippen LogP contribution in [0.5, 0.6) is 0 Å². The molecule has 1 aliphatic rings. The molecule has 0 spiro atoms. The molecule has 0 aromatic heterocycles. The Labute approximate surface area is 86.1 Å². The van der Waals surface area contributed by atoms with Gasteiger partial charge in [0.25, 0.3) is 0 Å². The van der Waals surface area contributed by atoms with Crippen molar-refractivity contribution in [2.45, 2.75) is 26.2 Å². The minimum Gasteiger partial charge on any atom is -0.396 e. The first-order chi connectivity index (χ1) is 6.77. The summed E-state index contributed by atoms with van der Waals surface area (Å²) in [6, 6.07) is 2.20. The maximum absolute atomic E-state index is 9.11. The molecule has 0 heterocycles. The van der Waals surface area contributed by atoms with E-state index in [4.69, 9.17) is 10.4 Å². The van der Waals surface area contributed by atoms with Crippen LogP contribution in [0.15, 0.2) is 0 Å².